The van der Waals surface area contributed by atoms with Crippen LogP contribution in [0.4, 0.5) is 11.4 Å². The maximum absolute atomic E-state index is 10.5. The molecular formula is C8H10N2O2S. The number of anilines is 2. The highest BCUT2D eigenvalue weighted by Gasteiger charge is 2.13. The second-order valence-electron chi connectivity index (χ2n) is 2.89. The van der Waals surface area contributed by atoms with Crippen molar-refractivity contribution in [2.75, 3.05) is 16.6 Å². The number of thiol groups is 1. The second kappa shape index (κ2) is 3.26. The number of rotatable bonds is 2. The van der Waals surface area contributed by atoms with Crippen molar-refractivity contribution in [2.24, 2.45) is 0 Å². The summed E-state index contributed by atoms with van der Waals surface area (Å²) in [6, 6.07) is 5.60. The molecule has 0 aromatic heterocycles. The maximum atomic E-state index is 10.5. The molecule has 0 saturated carbocycles. The lowest BCUT2D eigenvalue weighted by Gasteiger charge is -2.06. The lowest BCUT2D eigenvalue weighted by Crippen LogP contribution is -1.99. The van der Waals surface area contributed by atoms with E-state index in [0.29, 0.717) is 5.69 Å². The van der Waals surface area contributed by atoms with E-state index in [9.17, 15) is 8.42 Å². The van der Waals surface area contributed by atoms with Gasteiger partial charge in [0.2, 0.25) is 10.9 Å². The van der Waals surface area contributed by atoms with E-state index in [1.807, 2.05) is 12.1 Å². The van der Waals surface area contributed by atoms with E-state index in [0.717, 1.165) is 18.7 Å². The van der Waals surface area contributed by atoms with Gasteiger partial charge in [-0.3, -0.25) is 4.72 Å². The van der Waals surface area contributed by atoms with Gasteiger partial charge in [-0.05, 0) is 18.1 Å². The minimum atomic E-state index is -2.57. The number of para-hydroxylation sites is 1. The van der Waals surface area contributed by atoms with Gasteiger partial charge < -0.3 is 5.32 Å². The molecule has 1 aromatic rings. The van der Waals surface area contributed by atoms with Crippen LogP contribution in [0.5, 0.6) is 0 Å². The smallest absolute Gasteiger partial charge is 0.222 e. The van der Waals surface area contributed by atoms with Gasteiger partial charge in [0, 0.05) is 6.54 Å². The molecule has 0 unspecified atom stereocenters. The van der Waals surface area contributed by atoms with Crippen molar-refractivity contribution in [1.82, 2.24) is 0 Å². The highest BCUT2D eigenvalue weighted by molar-refractivity contribution is 7.73. The standard InChI is InChI=1S/C8H10N2O2S/c11-13(12)10-7-3-1-2-6-4-5-9-8(6)7/h1-3,9,13H,4-5H2,(H,10,11,12). The molecule has 1 aromatic carbocycles. The van der Waals surface area contributed by atoms with E-state index < -0.39 is 10.9 Å². The Labute approximate surface area is 78.0 Å². The zero-order valence-corrected chi connectivity index (χ0v) is 7.80. The Morgan fingerprint density at radius 3 is 3.00 bits per heavy atom. The summed E-state index contributed by atoms with van der Waals surface area (Å²) in [4.78, 5) is 0. The van der Waals surface area contributed by atoms with Gasteiger partial charge in [-0.2, -0.15) is 0 Å². The molecule has 0 atom stereocenters. The Balaban J connectivity index is 2.41. The molecule has 0 spiro atoms. The van der Waals surface area contributed by atoms with Crippen LogP contribution in [0.25, 0.3) is 0 Å². The number of nitrogens with one attached hydrogen (secondary N) is 2. The molecule has 1 aliphatic heterocycles. The predicted octanol–water partition coefficient (Wildman–Crippen LogP) is 0.593. The van der Waals surface area contributed by atoms with Gasteiger partial charge in [-0.1, -0.05) is 12.1 Å². The lowest BCUT2D eigenvalue weighted by molar-refractivity contribution is 0.619. The zero-order chi connectivity index (χ0) is 9.26. The summed E-state index contributed by atoms with van der Waals surface area (Å²) < 4.78 is 23.3. The molecule has 0 aliphatic carbocycles. The molecule has 1 heterocycles. The van der Waals surface area contributed by atoms with Crippen LogP contribution in [0, 0.1) is 0 Å². The Morgan fingerprint density at radius 2 is 2.23 bits per heavy atom. The number of fused-ring (bicyclic) bond motifs is 1. The fourth-order valence-electron chi connectivity index (χ4n) is 1.53. The third kappa shape index (κ3) is 1.60. The van der Waals surface area contributed by atoms with Gasteiger partial charge in [-0.15, -0.1) is 0 Å². The minimum absolute atomic E-state index is 0.645. The fourth-order valence-corrected chi connectivity index (χ4v) is 1.91. The largest absolute Gasteiger partial charge is 0.383 e. The van der Waals surface area contributed by atoms with Crippen LogP contribution >= 0.6 is 0 Å². The molecule has 2 N–H and O–H groups in total. The van der Waals surface area contributed by atoms with E-state index in [1.165, 1.54) is 5.56 Å². The molecular weight excluding hydrogens is 188 g/mol. The first-order chi connectivity index (χ1) is 6.27. The van der Waals surface area contributed by atoms with Gasteiger partial charge in [0.05, 0.1) is 11.4 Å². The average Bonchev–Trinajstić information content (AvgIpc) is 2.51. The van der Waals surface area contributed by atoms with Gasteiger partial charge in [-0.25, -0.2) is 8.42 Å². The van der Waals surface area contributed by atoms with Crippen molar-refractivity contribution in [1.29, 1.82) is 0 Å². The molecule has 0 saturated heterocycles. The van der Waals surface area contributed by atoms with Crippen LogP contribution in [0.3, 0.4) is 0 Å². The second-order valence-corrected chi connectivity index (χ2v) is 3.62. The molecule has 2 rings (SSSR count). The normalized spacial score (nSPS) is 13.9. The number of hydrogen-bond donors (Lipinski definition) is 3. The Bertz CT molecular complexity index is 393. The van der Waals surface area contributed by atoms with Crippen molar-refractivity contribution in [3.63, 3.8) is 0 Å². The van der Waals surface area contributed by atoms with E-state index in [2.05, 4.69) is 10.0 Å². The first-order valence-electron chi connectivity index (χ1n) is 4.04. The van der Waals surface area contributed by atoms with Crippen molar-refractivity contribution < 1.29 is 8.42 Å². The minimum Gasteiger partial charge on any atom is -0.383 e. The SMILES string of the molecule is O=[SH](=O)Nc1cccc2c1NCC2. The third-order valence-electron chi connectivity index (χ3n) is 2.06. The molecule has 0 radical (unpaired) electrons. The quantitative estimate of drug-likeness (QED) is 0.610. The molecule has 1 aliphatic rings. The van der Waals surface area contributed by atoms with Crippen LogP contribution in [0.2, 0.25) is 0 Å². The highest BCUT2D eigenvalue weighted by Crippen LogP contribution is 2.30. The Hall–Kier alpha value is -1.23. The summed E-state index contributed by atoms with van der Waals surface area (Å²) in [6.45, 7) is 0.879. The molecule has 0 bridgehead atoms. The van der Waals surface area contributed by atoms with Crippen LogP contribution in [0.15, 0.2) is 18.2 Å². The van der Waals surface area contributed by atoms with E-state index in [1.54, 1.807) is 6.07 Å². The molecule has 4 nitrogen and oxygen atoms in total. The van der Waals surface area contributed by atoms with E-state index in [4.69, 9.17) is 0 Å². The molecule has 0 amide bonds. The van der Waals surface area contributed by atoms with E-state index in [-0.39, 0.29) is 0 Å². The summed E-state index contributed by atoms with van der Waals surface area (Å²) in [7, 11) is -2.57. The van der Waals surface area contributed by atoms with Crippen molar-refractivity contribution >= 4 is 22.3 Å². The summed E-state index contributed by atoms with van der Waals surface area (Å²) in [6.07, 6.45) is 0.959. The lowest BCUT2D eigenvalue weighted by atomic mass is 10.1. The average molecular weight is 198 g/mol. The maximum Gasteiger partial charge on any atom is 0.222 e. The highest BCUT2D eigenvalue weighted by atomic mass is 32.2. The fraction of sp³-hybridized carbons (Fsp3) is 0.250. The summed E-state index contributed by atoms with van der Waals surface area (Å²) >= 11 is 0. The van der Waals surface area contributed by atoms with Gasteiger partial charge in [0.15, 0.2) is 0 Å². The van der Waals surface area contributed by atoms with Crippen LogP contribution in [-0.4, -0.2) is 15.0 Å². The van der Waals surface area contributed by atoms with Crippen molar-refractivity contribution in [3.05, 3.63) is 23.8 Å². The molecule has 5 heteroatoms. The van der Waals surface area contributed by atoms with Crippen molar-refractivity contribution in [2.45, 2.75) is 6.42 Å². The van der Waals surface area contributed by atoms with Gasteiger partial charge >= 0.3 is 0 Å². The molecule has 0 fully saturated rings. The summed E-state index contributed by atoms with van der Waals surface area (Å²) in [5.41, 5.74) is 2.73. The number of benzene rings is 1. The first-order valence-corrected chi connectivity index (χ1v) is 5.22. The third-order valence-corrected chi connectivity index (χ3v) is 2.48. The van der Waals surface area contributed by atoms with Gasteiger partial charge in [0.25, 0.3) is 0 Å². The summed E-state index contributed by atoms with van der Waals surface area (Å²) in [5, 5.41) is 3.14. The predicted molar refractivity (Wildman–Crippen MR) is 52.6 cm³/mol. The van der Waals surface area contributed by atoms with Gasteiger partial charge in [0.1, 0.15) is 0 Å². The summed E-state index contributed by atoms with van der Waals surface area (Å²) in [5.74, 6) is 0. The topological polar surface area (TPSA) is 58.2 Å². The van der Waals surface area contributed by atoms with Crippen LogP contribution in [0.1, 0.15) is 5.56 Å². The molecule has 13 heavy (non-hydrogen) atoms. The molecule has 70 valence electrons. The van der Waals surface area contributed by atoms with Crippen molar-refractivity contribution in [3.8, 4) is 0 Å². The van der Waals surface area contributed by atoms with E-state index >= 15 is 0 Å². The van der Waals surface area contributed by atoms with Crippen LogP contribution < -0.4 is 10.0 Å². The van der Waals surface area contributed by atoms with Crippen LogP contribution in [-0.2, 0) is 17.3 Å². The first kappa shape index (κ1) is 8.37. The Kier molecular flexibility index (Phi) is 2.10. The Morgan fingerprint density at radius 1 is 1.38 bits per heavy atom. The number of hydrogen-bond acceptors (Lipinski definition) is 3. The zero-order valence-electron chi connectivity index (χ0n) is 6.91. The monoisotopic (exact) mass is 198 g/mol.